The molecule has 0 aromatic carbocycles. The Morgan fingerprint density at radius 2 is 2.13 bits per heavy atom. The zero-order chi connectivity index (χ0) is 11.0. The number of hydrogen-bond donors (Lipinski definition) is 2. The topological polar surface area (TPSA) is 55.1 Å². The predicted octanol–water partition coefficient (Wildman–Crippen LogP) is 1.13. The molecule has 0 radical (unpaired) electrons. The average molecular weight is 210 g/mol. The smallest absolute Gasteiger partial charge is 0.222 e. The number of amides is 1. The minimum absolute atomic E-state index is 0.102. The second-order valence-electron chi connectivity index (χ2n) is 5.56. The van der Waals surface area contributed by atoms with Crippen molar-refractivity contribution in [1.82, 2.24) is 5.32 Å². The largest absolute Gasteiger partial charge is 0.356 e. The summed E-state index contributed by atoms with van der Waals surface area (Å²) >= 11 is 0. The predicted molar refractivity (Wildman–Crippen MR) is 60.1 cm³/mol. The van der Waals surface area contributed by atoms with E-state index >= 15 is 0 Å². The summed E-state index contributed by atoms with van der Waals surface area (Å²) in [6.45, 7) is 4.73. The monoisotopic (exact) mass is 210 g/mol. The molecular weight excluding hydrogens is 188 g/mol. The maximum absolute atomic E-state index is 11.4. The molecule has 86 valence electrons. The minimum atomic E-state index is 0.102. The maximum atomic E-state index is 11.4. The van der Waals surface area contributed by atoms with Crippen molar-refractivity contribution in [2.75, 3.05) is 6.54 Å². The van der Waals surface area contributed by atoms with Crippen molar-refractivity contribution in [2.24, 2.45) is 29.4 Å². The second kappa shape index (κ2) is 4.12. The van der Waals surface area contributed by atoms with E-state index in [-0.39, 0.29) is 11.8 Å². The van der Waals surface area contributed by atoms with Gasteiger partial charge in [0.2, 0.25) is 5.91 Å². The highest BCUT2D eigenvalue weighted by Crippen LogP contribution is 2.48. The summed E-state index contributed by atoms with van der Waals surface area (Å²) in [4.78, 5) is 11.4. The van der Waals surface area contributed by atoms with Crippen LogP contribution in [-0.2, 0) is 4.79 Å². The number of carbonyl (C=O) groups is 1. The highest BCUT2D eigenvalue weighted by molar-refractivity contribution is 5.77. The van der Waals surface area contributed by atoms with Crippen LogP contribution in [-0.4, -0.2) is 18.5 Å². The van der Waals surface area contributed by atoms with Gasteiger partial charge in [-0.25, -0.2) is 0 Å². The first-order valence-electron chi connectivity index (χ1n) is 6.11. The van der Waals surface area contributed by atoms with Crippen LogP contribution in [0.4, 0.5) is 0 Å². The first kappa shape index (κ1) is 10.9. The number of hydrogen-bond acceptors (Lipinski definition) is 2. The lowest BCUT2D eigenvalue weighted by atomic mass is 9.72. The van der Waals surface area contributed by atoms with Crippen LogP contribution in [0.3, 0.4) is 0 Å². The number of carbonyl (C=O) groups excluding carboxylic acids is 1. The van der Waals surface area contributed by atoms with Crippen molar-refractivity contribution in [1.29, 1.82) is 0 Å². The molecule has 4 unspecified atom stereocenters. The molecule has 3 heteroatoms. The van der Waals surface area contributed by atoms with Crippen molar-refractivity contribution in [3.63, 3.8) is 0 Å². The SMILES string of the molecule is CC(C)C(=O)NCC1CC2CC(N)C2C1. The normalized spacial score (nSPS) is 38.7. The third kappa shape index (κ3) is 2.17. The fraction of sp³-hybridized carbons (Fsp3) is 0.917. The molecule has 4 atom stereocenters. The van der Waals surface area contributed by atoms with E-state index in [4.69, 9.17) is 5.73 Å². The first-order chi connectivity index (χ1) is 7.08. The fourth-order valence-corrected chi connectivity index (χ4v) is 3.02. The lowest BCUT2D eigenvalue weighted by molar-refractivity contribution is -0.124. The van der Waals surface area contributed by atoms with Crippen molar-refractivity contribution >= 4 is 5.91 Å². The molecule has 3 nitrogen and oxygen atoms in total. The summed E-state index contributed by atoms with van der Waals surface area (Å²) in [5, 5.41) is 3.03. The molecule has 3 N–H and O–H groups in total. The van der Waals surface area contributed by atoms with Gasteiger partial charge in [0.15, 0.2) is 0 Å². The maximum Gasteiger partial charge on any atom is 0.222 e. The van der Waals surface area contributed by atoms with E-state index in [1.807, 2.05) is 13.8 Å². The van der Waals surface area contributed by atoms with Crippen LogP contribution in [0.15, 0.2) is 0 Å². The zero-order valence-corrected chi connectivity index (χ0v) is 9.70. The number of fused-ring (bicyclic) bond motifs is 1. The second-order valence-corrected chi connectivity index (χ2v) is 5.56. The average Bonchev–Trinajstić information content (AvgIpc) is 2.51. The third-order valence-electron chi connectivity index (χ3n) is 4.06. The number of nitrogens with two attached hydrogens (primary N) is 1. The number of nitrogens with one attached hydrogen (secondary N) is 1. The van der Waals surface area contributed by atoms with Gasteiger partial charge in [-0.05, 0) is 37.0 Å². The van der Waals surface area contributed by atoms with Gasteiger partial charge < -0.3 is 11.1 Å². The quantitative estimate of drug-likeness (QED) is 0.733. The molecule has 0 bridgehead atoms. The Morgan fingerprint density at radius 1 is 1.40 bits per heavy atom. The van der Waals surface area contributed by atoms with Crippen LogP contribution >= 0.6 is 0 Å². The van der Waals surface area contributed by atoms with E-state index < -0.39 is 0 Å². The lowest BCUT2D eigenvalue weighted by Gasteiger charge is -2.37. The minimum Gasteiger partial charge on any atom is -0.356 e. The van der Waals surface area contributed by atoms with Crippen molar-refractivity contribution in [3.8, 4) is 0 Å². The van der Waals surface area contributed by atoms with Crippen molar-refractivity contribution in [3.05, 3.63) is 0 Å². The van der Waals surface area contributed by atoms with Gasteiger partial charge in [-0.3, -0.25) is 4.79 Å². The van der Waals surface area contributed by atoms with E-state index in [2.05, 4.69) is 5.32 Å². The Balaban J connectivity index is 1.71. The van der Waals surface area contributed by atoms with E-state index in [0.29, 0.717) is 12.0 Å². The Labute approximate surface area is 91.8 Å². The third-order valence-corrected chi connectivity index (χ3v) is 4.06. The molecule has 2 saturated carbocycles. The van der Waals surface area contributed by atoms with Crippen LogP contribution in [0, 0.1) is 23.7 Å². The van der Waals surface area contributed by atoms with Gasteiger partial charge in [-0.2, -0.15) is 0 Å². The molecule has 15 heavy (non-hydrogen) atoms. The van der Waals surface area contributed by atoms with Crippen LogP contribution in [0.25, 0.3) is 0 Å². The Bertz CT molecular complexity index is 252. The highest BCUT2D eigenvalue weighted by Gasteiger charge is 2.45. The van der Waals surface area contributed by atoms with Gasteiger partial charge in [0, 0.05) is 18.5 Å². The van der Waals surface area contributed by atoms with Gasteiger partial charge in [-0.15, -0.1) is 0 Å². The van der Waals surface area contributed by atoms with Gasteiger partial charge in [0.25, 0.3) is 0 Å². The van der Waals surface area contributed by atoms with Crippen LogP contribution in [0.2, 0.25) is 0 Å². The van der Waals surface area contributed by atoms with Gasteiger partial charge in [0.05, 0.1) is 0 Å². The van der Waals surface area contributed by atoms with Crippen molar-refractivity contribution in [2.45, 2.75) is 39.2 Å². The molecule has 0 spiro atoms. The van der Waals surface area contributed by atoms with Gasteiger partial charge in [0.1, 0.15) is 0 Å². The zero-order valence-electron chi connectivity index (χ0n) is 9.70. The summed E-state index contributed by atoms with van der Waals surface area (Å²) in [7, 11) is 0. The van der Waals surface area contributed by atoms with E-state index in [9.17, 15) is 4.79 Å². The van der Waals surface area contributed by atoms with Crippen LogP contribution < -0.4 is 11.1 Å². The molecule has 1 amide bonds. The standard InChI is InChI=1S/C12H22N2O/c1-7(2)12(15)14-6-8-3-9-5-11(13)10(9)4-8/h7-11H,3-6,13H2,1-2H3,(H,14,15). The summed E-state index contributed by atoms with van der Waals surface area (Å²) in [6.07, 6.45) is 3.71. The molecule has 2 rings (SSSR count). The van der Waals surface area contributed by atoms with Crippen molar-refractivity contribution < 1.29 is 4.79 Å². The highest BCUT2D eigenvalue weighted by atomic mass is 16.1. The number of rotatable bonds is 3. The van der Waals surface area contributed by atoms with E-state index in [0.717, 1.165) is 18.4 Å². The summed E-state index contributed by atoms with van der Waals surface area (Å²) in [5.41, 5.74) is 5.94. The Morgan fingerprint density at radius 3 is 2.67 bits per heavy atom. The molecule has 0 saturated heterocycles. The molecule has 0 heterocycles. The van der Waals surface area contributed by atoms with Crippen LogP contribution in [0.5, 0.6) is 0 Å². The first-order valence-corrected chi connectivity index (χ1v) is 6.11. The Hall–Kier alpha value is -0.570. The molecule has 0 aromatic heterocycles. The Kier molecular flexibility index (Phi) is 3.01. The van der Waals surface area contributed by atoms with Gasteiger partial charge >= 0.3 is 0 Å². The molecule has 2 fully saturated rings. The molecular formula is C12H22N2O. The van der Waals surface area contributed by atoms with Gasteiger partial charge in [-0.1, -0.05) is 13.8 Å². The molecule has 0 aromatic rings. The summed E-state index contributed by atoms with van der Waals surface area (Å²) in [6, 6.07) is 0.445. The fourth-order valence-electron chi connectivity index (χ4n) is 3.02. The van der Waals surface area contributed by atoms with E-state index in [1.54, 1.807) is 0 Å². The molecule has 0 aliphatic heterocycles. The molecule has 2 aliphatic rings. The molecule has 2 aliphatic carbocycles. The van der Waals surface area contributed by atoms with E-state index in [1.165, 1.54) is 19.3 Å². The lowest BCUT2D eigenvalue weighted by Crippen LogP contribution is -2.44. The summed E-state index contributed by atoms with van der Waals surface area (Å²) in [5.74, 6) is 2.58. The van der Waals surface area contributed by atoms with Crippen LogP contribution in [0.1, 0.15) is 33.1 Å². The summed E-state index contributed by atoms with van der Waals surface area (Å²) < 4.78 is 0.